The second-order valence-electron chi connectivity index (χ2n) is 5.66. The van der Waals surface area contributed by atoms with Crippen molar-refractivity contribution in [3.8, 4) is 0 Å². The van der Waals surface area contributed by atoms with E-state index in [1.165, 1.54) is 6.42 Å². The van der Waals surface area contributed by atoms with Crippen molar-refractivity contribution in [3.63, 3.8) is 0 Å². The van der Waals surface area contributed by atoms with Gasteiger partial charge in [-0.3, -0.25) is 9.89 Å². The molecular weight excluding hydrogens is 238 g/mol. The maximum absolute atomic E-state index is 12.6. The quantitative estimate of drug-likeness (QED) is 0.854. The van der Waals surface area contributed by atoms with Crippen LogP contribution < -0.4 is 0 Å². The molecule has 0 radical (unpaired) electrons. The maximum Gasteiger partial charge on any atom is 0.254 e. The van der Waals surface area contributed by atoms with Gasteiger partial charge in [-0.1, -0.05) is 13.0 Å². The second kappa shape index (κ2) is 4.68. The first-order valence-electron chi connectivity index (χ1n) is 6.89. The maximum atomic E-state index is 12.6. The molecule has 4 heteroatoms. The van der Waals surface area contributed by atoms with Gasteiger partial charge in [-0.25, -0.2) is 0 Å². The number of carbonyl (C=O) groups excluding carboxylic acids is 1. The Hall–Kier alpha value is -1.84. The van der Waals surface area contributed by atoms with E-state index in [9.17, 15) is 4.79 Å². The number of rotatable bonds is 1. The average molecular weight is 257 g/mol. The standard InChI is InChI=1S/C15H19N3O/c1-10-3-4-11(2)18(9-10)15(19)12-5-6-13-8-16-17-14(13)7-12/h5-8,10-11H,3-4,9H2,1-2H3,(H,16,17). The van der Waals surface area contributed by atoms with Crippen LogP contribution in [0.5, 0.6) is 0 Å². The first kappa shape index (κ1) is 12.2. The molecule has 100 valence electrons. The highest BCUT2D eigenvalue weighted by molar-refractivity contribution is 5.97. The minimum absolute atomic E-state index is 0.135. The number of nitrogens with one attached hydrogen (secondary N) is 1. The molecule has 2 atom stereocenters. The van der Waals surface area contributed by atoms with Crippen LogP contribution in [0.4, 0.5) is 0 Å². The summed E-state index contributed by atoms with van der Waals surface area (Å²) >= 11 is 0. The first-order chi connectivity index (χ1) is 9.15. The summed E-state index contributed by atoms with van der Waals surface area (Å²) in [6.07, 6.45) is 4.08. The Morgan fingerprint density at radius 1 is 1.37 bits per heavy atom. The van der Waals surface area contributed by atoms with Gasteiger partial charge in [-0.05, 0) is 37.8 Å². The number of aromatic amines is 1. The van der Waals surface area contributed by atoms with Crippen LogP contribution in [0.25, 0.3) is 10.9 Å². The normalized spacial score (nSPS) is 23.8. The van der Waals surface area contributed by atoms with Gasteiger partial charge in [0, 0.05) is 23.5 Å². The molecule has 3 rings (SSSR count). The van der Waals surface area contributed by atoms with E-state index in [2.05, 4.69) is 24.0 Å². The highest BCUT2D eigenvalue weighted by Gasteiger charge is 2.27. The zero-order valence-electron chi connectivity index (χ0n) is 11.4. The van der Waals surface area contributed by atoms with Gasteiger partial charge in [-0.2, -0.15) is 5.10 Å². The van der Waals surface area contributed by atoms with Crippen LogP contribution in [0, 0.1) is 5.92 Å². The number of piperidine rings is 1. The molecule has 0 spiro atoms. The smallest absolute Gasteiger partial charge is 0.254 e. The zero-order chi connectivity index (χ0) is 13.4. The number of aromatic nitrogens is 2. The van der Waals surface area contributed by atoms with Crippen molar-refractivity contribution in [1.29, 1.82) is 0 Å². The van der Waals surface area contributed by atoms with E-state index in [-0.39, 0.29) is 5.91 Å². The fourth-order valence-electron chi connectivity index (χ4n) is 2.81. The number of nitrogens with zero attached hydrogens (tertiary/aromatic N) is 2. The van der Waals surface area contributed by atoms with Crippen LogP contribution in [0.3, 0.4) is 0 Å². The van der Waals surface area contributed by atoms with Crippen LogP contribution in [-0.4, -0.2) is 33.6 Å². The van der Waals surface area contributed by atoms with Gasteiger partial charge in [-0.15, -0.1) is 0 Å². The van der Waals surface area contributed by atoms with Gasteiger partial charge in [0.25, 0.3) is 5.91 Å². The molecular formula is C15H19N3O. The largest absolute Gasteiger partial charge is 0.336 e. The third-order valence-electron chi connectivity index (χ3n) is 4.07. The minimum atomic E-state index is 0.135. The molecule has 1 aromatic carbocycles. The van der Waals surface area contributed by atoms with E-state index < -0.39 is 0 Å². The topological polar surface area (TPSA) is 49.0 Å². The van der Waals surface area contributed by atoms with Crippen LogP contribution in [0.1, 0.15) is 37.0 Å². The van der Waals surface area contributed by atoms with Crippen molar-refractivity contribution >= 4 is 16.8 Å². The molecule has 1 amide bonds. The lowest BCUT2D eigenvalue weighted by atomic mass is 9.94. The highest BCUT2D eigenvalue weighted by atomic mass is 16.2. The van der Waals surface area contributed by atoms with Crippen molar-refractivity contribution in [2.75, 3.05) is 6.54 Å². The summed E-state index contributed by atoms with van der Waals surface area (Å²) in [5.41, 5.74) is 1.67. The average Bonchev–Trinajstić information content (AvgIpc) is 2.88. The number of likely N-dealkylation sites (tertiary alicyclic amines) is 1. The lowest BCUT2D eigenvalue weighted by molar-refractivity contribution is 0.0574. The lowest BCUT2D eigenvalue weighted by Crippen LogP contribution is -2.44. The monoisotopic (exact) mass is 257 g/mol. The van der Waals surface area contributed by atoms with E-state index in [1.807, 2.05) is 23.1 Å². The molecule has 1 saturated heterocycles. The van der Waals surface area contributed by atoms with Gasteiger partial charge < -0.3 is 4.90 Å². The first-order valence-corrected chi connectivity index (χ1v) is 6.89. The summed E-state index contributed by atoms with van der Waals surface area (Å²) in [6.45, 7) is 5.21. The molecule has 19 heavy (non-hydrogen) atoms. The molecule has 1 aromatic heterocycles. The molecule has 1 aliphatic rings. The van der Waals surface area contributed by atoms with Crippen molar-refractivity contribution in [3.05, 3.63) is 30.0 Å². The summed E-state index contributed by atoms with van der Waals surface area (Å²) in [4.78, 5) is 14.6. The zero-order valence-corrected chi connectivity index (χ0v) is 11.4. The highest BCUT2D eigenvalue weighted by Crippen LogP contribution is 2.24. The molecule has 0 bridgehead atoms. The molecule has 1 aliphatic heterocycles. The van der Waals surface area contributed by atoms with Gasteiger partial charge in [0.15, 0.2) is 0 Å². The SMILES string of the molecule is CC1CCC(C)N(C(=O)c2ccc3cn[nH]c3c2)C1. The Balaban J connectivity index is 1.89. The Morgan fingerprint density at radius 3 is 3.05 bits per heavy atom. The molecule has 1 N–H and O–H groups in total. The van der Waals surface area contributed by atoms with Gasteiger partial charge in [0.1, 0.15) is 0 Å². The Morgan fingerprint density at radius 2 is 2.21 bits per heavy atom. The third kappa shape index (κ3) is 2.23. The number of amides is 1. The van der Waals surface area contributed by atoms with Crippen LogP contribution >= 0.6 is 0 Å². The van der Waals surface area contributed by atoms with Crippen molar-refractivity contribution < 1.29 is 4.79 Å². The molecule has 0 saturated carbocycles. The van der Waals surface area contributed by atoms with Crippen LogP contribution in [-0.2, 0) is 0 Å². The van der Waals surface area contributed by atoms with Gasteiger partial charge in [0.05, 0.1) is 11.7 Å². The molecule has 1 fully saturated rings. The fourth-order valence-corrected chi connectivity index (χ4v) is 2.81. The summed E-state index contributed by atoms with van der Waals surface area (Å²) in [7, 11) is 0. The number of fused-ring (bicyclic) bond motifs is 1. The second-order valence-corrected chi connectivity index (χ2v) is 5.66. The molecule has 4 nitrogen and oxygen atoms in total. The number of hydrogen-bond donors (Lipinski definition) is 1. The fraction of sp³-hybridized carbons (Fsp3) is 0.467. The van der Waals surface area contributed by atoms with E-state index in [1.54, 1.807) is 6.20 Å². The summed E-state index contributed by atoms with van der Waals surface area (Å²) < 4.78 is 0. The Kier molecular flexibility index (Phi) is 3.01. The van der Waals surface area contributed by atoms with Crippen LogP contribution in [0.2, 0.25) is 0 Å². The number of carbonyl (C=O) groups is 1. The van der Waals surface area contributed by atoms with Crippen molar-refractivity contribution in [1.82, 2.24) is 15.1 Å². The summed E-state index contributed by atoms with van der Waals surface area (Å²) in [5, 5.41) is 7.95. The molecule has 2 unspecified atom stereocenters. The number of benzene rings is 1. The van der Waals surface area contributed by atoms with E-state index in [0.717, 1.165) is 29.4 Å². The molecule has 2 heterocycles. The Bertz CT molecular complexity index is 604. The van der Waals surface area contributed by atoms with Gasteiger partial charge in [0.2, 0.25) is 0 Å². The van der Waals surface area contributed by atoms with E-state index in [4.69, 9.17) is 0 Å². The molecule has 0 aliphatic carbocycles. The predicted octanol–water partition coefficient (Wildman–Crippen LogP) is 2.82. The third-order valence-corrected chi connectivity index (χ3v) is 4.07. The number of hydrogen-bond acceptors (Lipinski definition) is 2. The van der Waals surface area contributed by atoms with Crippen LogP contribution in [0.15, 0.2) is 24.4 Å². The van der Waals surface area contributed by atoms with E-state index in [0.29, 0.717) is 12.0 Å². The predicted molar refractivity (Wildman–Crippen MR) is 75.0 cm³/mol. The van der Waals surface area contributed by atoms with Crippen molar-refractivity contribution in [2.45, 2.75) is 32.7 Å². The Labute approximate surface area is 112 Å². The van der Waals surface area contributed by atoms with Gasteiger partial charge >= 0.3 is 0 Å². The van der Waals surface area contributed by atoms with E-state index >= 15 is 0 Å². The minimum Gasteiger partial charge on any atom is -0.336 e. The van der Waals surface area contributed by atoms with Crippen molar-refractivity contribution in [2.24, 2.45) is 5.92 Å². The summed E-state index contributed by atoms with van der Waals surface area (Å²) in [5.74, 6) is 0.728. The summed E-state index contributed by atoms with van der Waals surface area (Å²) in [6, 6.07) is 6.08. The molecule has 2 aromatic rings. The number of H-pyrrole nitrogens is 1. The lowest BCUT2D eigenvalue weighted by Gasteiger charge is -2.36.